The Morgan fingerprint density at radius 3 is 2.87 bits per heavy atom. The minimum absolute atomic E-state index is 0.665. The molecule has 1 rings (SSSR count). The van der Waals surface area contributed by atoms with Gasteiger partial charge in [-0.2, -0.15) is 5.26 Å². The van der Waals surface area contributed by atoms with Gasteiger partial charge < -0.3 is 9.32 Å². The molecule has 0 aromatic carbocycles. The van der Waals surface area contributed by atoms with Gasteiger partial charge in [-0.25, -0.2) is 0 Å². The van der Waals surface area contributed by atoms with Crippen molar-refractivity contribution in [3.8, 4) is 6.07 Å². The fraction of sp³-hybridized carbons (Fsp3) is 0.583. The number of rotatable bonds is 6. The molecule has 0 fully saturated rings. The molecule has 3 heteroatoms. The van der Waals surface area contributed by atoms with E-state index in [0.29, 0.717) is 6.42 Å². The summed E-state index contributed by atoms with van der Waals surface area (Å²) in [7, 11) is 2.10. The molecule has 3 nitrogen and oxygen atoms in total. The van der Waals surface area contributed by atoms with Crippen LogP contribution in [-0.4, -0.2) is 18.5 Å². The lowest BCUT2D eigenvalue weighted by Crippen LogP contribution is -2.19. The number of unbranched alkanes of at least 4 members (excludes halogenated alkanes) is 2. The third kappa shape index (κ3) is 4.18. The first-order valence-corrected chi connectivity index (χ1v) is 5.32. The largest absolute Gasteiger partial charge is 0.469 e. The van der Waals surface area contributed by atoms with Crippen LogP contribution in [0.15, 0.2) is 16.7 Å². The first-order chi connectivity index (χ1) is 7.24. The van der Waals surface area contributed by atoms with Gasteiger partial charge in [-0.1, -0.05) is 0 Å². The van der Waals surface area contributed by atoms with Gasteiger partial charge >= 0.3 is 0 Å². The van der Waals surface area contributed by atoms with Crippen LogP contribution in [0.1, 0.15) is 30.6 Å². The highest BCUT2D eigenvalue weighted by Crippen LogP contribution is 2.11. The standard InChI is InChI=1S/C12H18N2O/c1-11-12(6-9-15-11)10-14(2)8-5-3-4-7-13/h6,9H,3-5,8,10H2,1-2H3. The molecule has 0 radical (unpaired) electrons. The topological polar surface area (TPSA) is 40.2 Å². The Labute approximate surface area is 91.3 Å². The molecule has 0 spiro atoms. The fourth-order valence-corrected chi connectivity index (χ4v) is 1.53. The highest BCUT2D eigenvalue weighted by atomic mass is 16.3. The molecule has 1 aromatic heterocycles. The molecule has 1 aromatic rings. The molecule has 1 heterocycles. The van der Waals surface area contributed by atoms with Crippen molar-refractivity contribution in [2.24, 2.45) is 0 Å². The minimum Gasteiger partial charge on any atom is -0.469 e. The highest BCUT2D eigenvalue weighted by molar-refractivity contribution is 5.14. The summed E-state index contributed by atoms with van der Waals surface area (Å²) in [5.41, 5.74) is 1.25. The average molecular weight is 206 g/mol. The monoisotopic (exact) mass is 206 g/mol. The van der Waals surface area contributed by atoms with E-state index in [4.69, 9.17) is 9.68 Å². The lowest BCUT2D eigenvalue weighted by molar-refractivity contribution is 0.317. The van der Waals surface area contributed by atoms with Gasteiger partial charge in [-0.3, -0.25) is 0 Å². The van der Waals surface area contributed by atoms with E-state index in [1.807, 2.05) is 13.0 Å². The Bertz CT molecular complexity index is 325. The molecule has 0 bridgehead atoms. The first-order valence-electron chi connectivity index (χ1n) is 5.32. The second-order valence-corrected chi connectivity index (χ2v) is 3.86. The number of nitriles is 1. The zero-order chi connectivity index (χ0) is 11.1. The smallest absolute Gasteiger partial charge is 0.105 e. The van der Waals surface area contributed by atoms with Crippen molar-refractivity contribution >= 4 is 0 Å². The predicted octanol–water partition coefficient (Wildman–Crippen LogP) is 2.71. The van der Waals surface area contributed by atoms with E-state index in [1.54, 1.807) is 6.26 Å². The number of hydrogen-bond acceptors (Lipinski definition) is 3. The van der Waals surface area contributed by atoms with Gasteiger partial charge in [-0.05, 0) is 39.4 Å². The normalized spacial score (nSPS) is 10.5. The van der Waals surface area contributed by atoms with Crippen LogP contribution in [0.5, 0.6) is 0 Å². The van der Waals surface area contributed by atoms with Crippen molar-refractivity contribution in [3.63, 3.8) is 0 Å². The van der Waals surface area contributed by atoms with Crippen LogP contribution in [0.25, 0.3) is 0 Å². The van der Waals surface area contributed by atoms with Crippen LogP contribution in [-0.2, 0) is 6.54 Å². The van der Waals surface area contributed by atoms with Gasteiger partial charge in [0.1, 0.15) is 5.76 Å². The molecule has 0 unspecified atom stereocenters. The maximum absolute atomic E-state index is 8.40. The van der Waals surface area contributed by atoms with Crippen molar-refractivity contribution in [3.05, 3.63) is 23.7 Å². The third-order valence-electron chi connectivity index (χ3n) is 2.48. The predicted molar refractivity (Wildman–Crippen MR) is 59.2 cm³/mol. The number of aryl methyl sites for hydroxylation is 1. The molecule has 0 N–H and O–H groups in total. The summed E-state index contributed by atoms with van der Waals surface area (Å²) >= 11 is 0. The van der Waals surface area contributed by atoms with Crippen LogP contribution in [0.3, 0.4) is 0 Å². The Kier molecular flexibility index (Phi) is 4.92. The van der Waals surface area contributed by atoms with Crippen molar-refractivity contribution in [2.75, 3.05) is 13.6 Å². The Hall–Kier alpha value is -1.27. The van der Waals surface area contributed by atoms with Gasteiger partial charge in [0.25, 0.3) is 0 Å². The molecule has 0 amide bonds. The molecular formula is C12H18N2O. The second kappa shape index (κ2) is 6.26. The fourth-order valence-electron chi connectivity index (χ4n) is 1.53. The van der Waals surface area contributed by atoms with Gasteiger partial charge in [0.2, 0.25) is 0 Å². The quantitative estimate of drug-likeness (QED) is 0.672. The molecule has 82 valence electrons. The molecule has 0 aliphatic rings. The lowest BCUT2D eigenvalue weighted by atomic mass is 10.2. The van der Waals surface area contributed by atoms with Gasteiger partial charge in [0.15, 0.2) is 0 Å². The highest BCUT2D eigenvalue weighted by Gasteiger charge is 2.04. The van der Waals surface area contributed by atoms with E-state index in [9.17, 15) is 0 Å². The van der Waals surface area contributed by atoms with E-state index in [2.05, 4.69) is 18.0 Å². The van der Waals surface area contributed by atoms with Gasteiger partial charge in [0, 0.05) is 18.5 Å². The molecule has 15 heavy (non-hydrogen) atoms. The van der Waals surface area contributed by atoms with Crippen LogP contribution in [0.4, 0.5) is 0 Å². The SMILES string of the molecule is Cc1occc1CN(C)CCCCC#N. The summed E-state index contributed by atoms with van der Waals surface area (Å²) in [5.74, 6) is 0.999. The Morgan fingerprint density at radius 2 is 2.27 bits per heavy atom. The molecule has 0 saturated carbocycles. The van der Waals surface area contributed by atoms with Crippen LogP contribution in [0.2, 0.25) is 0 Å². The number of furan rings is 1. The summed E-state index contributed by atoms with van der Waals surface area (Å²) in [6.07, 6.45) is 4.47. The third-order valence-corrected chi connectivity index (χ3v) is 2.48. The van der Waals surface area contributed by atoms with E-state index < -0.39 is 0 Å². The maximum atomic E-state index is 8.40. The lowest BCUT2D eigenvalue weighted by Gasteiger charge is -2.15. The van der Waals surface area contributed by atoms with Gasteiger partial charge in [-0.15, -0.1) is 0 Å². The van der Waals surface area contributed by atoms with Crippen molar-refractivity contribution in [2.45, 2.75) is 32.7 Å². The second-order valence-electron chi connectivity index (χ2n) is 3.86. The maximum Gasteiger partial charge on any atom is 0.105 e. The van der Waals surface area contributed by atoms with E-state index in [0.717, 1.165) is 31.7 Å². The van der Waals surface area contributed by atoms with Crippen molar-refractivity contribution in [1.29, 1.82) is 5.26 Å². The van der Waals surface area contributed by atoms with E-state index in [-0.39, 0.29) is 0 Å². The van der Waals surface area contributed by atoms with E-state index >= 15 is 0 Å². The summed E-state index contributed by atoms with van der Waals surface area (Å²) in [6.45, 7) is 3.94. The number of hydrogen-bond donors (Lipinski definition) is 0. The number of nitrogens with zero attached hydrogens (tertiary/aromatic N) is 2. The molecule has 0 saturated heterocycles. The van der Waals surface area contributed by atoms with Crippen LogP contribution >= 0.6 is 0 Å². The van der Waals surface area contributed by atoms with Gasteiger partial charge in [0.05, 0.1) is 12.3 Å². The molecule has 0 aliphatic heterocycles. The molecular weight excluding hydrogens is 188 g/mol. The minimum atomic E-state index is 0.665. The van der Waals surface area contributed by atoms with Crippen molar-refractivity contribution < 1.29 is 4.42 Å². The zero-order valence-electron chi connectivity index (χ0n) is 9.49. The Balaban J connectivity index is 2.22. The molecule has 0 aliphatic carbocycles. The summed E-state index contributed by atoms with van der Waals surface area (Å²) in [4.78, 5) is 2.26. The summed E-state index contributed by atoms with van der Waals surface area (Å²) in [5, 5.41) is 8.40. The van der Waals surface area contributed by atoms with E-state index in [1.165, 1.54) is 5.56 Å². The molecule has 0 atom stereocenters. The van der Waals surface area contributed by atoms with Crippen LogP contribution in [0, 0.1) is 18.3 Å². The summed E-state index contributed by atoms with van der Waals surface area (Å²) < 4.78 is 5.24. The Morgan fingerprint density at radius 1 is 1.47 bits per heavy atom. The first kappa shape index (κ1) is 11.8. The zero-order valence-corrected chi connectivity index (χ0v) is 9.49. The average Bonchev–Trinajstić information content (AvgIpc) is 2.59. The van der Waals surface area contributed by atoms with Crippen LogP contribution < -0.4 is 0 Å². The summed E-state index contributed by atoms with van der Waals surface area (Å²) in [6, 6.07) is 4.18. The van der Waals surface area contributed by atoms with Crippen molar-refractivity contribution in [1.82, 2.24) is 4.90 Å².